The molecule has 0 unspecified atom stereocenters. The van der Waals surface area contributed by atoms with Crippen LogP contribution in [0.4, 0.5) is 10.1 Å². The van der Waals surface area contributed by atoms with Crippen LogP contribution in [-0.2, 0) is 9.59 Å². The first kappa shape index (κ1) is 11.1. The molecule has 1 aliphatic carbocycles. The van der Waals surface area contributed by atoms with Gasteiger partial charge in [-0.25, -0.2) is 4.39 Å². The Hall–Kier alpha value is -2.04. The molecule has 0 atom stereocenters. The number of para-hydroxylation sites is 1. The maximum absolute atomic E-state index is 13.7. The minimum absolute atomic E-state index is 0.0243. The standard InChI is InChI=1S/C13H10FNO3/c14-9-3-1-2-8-11(9)15(13(18)12(8)17)6-10(16)7-4-5-7/h1-3,7H,4-6H2. The van der Waals surface area contributed by atoms with E-state index in [1.54, 1.807) is 0 Å². The maximum Gasteiger partial charge on any atom is 0.299 e. The molecule has 2 aliphatic rings. The van der Waals surface area contributed by atoms with Crippen molar-refractivity contribution in [2.45, 2.75) is 12.8 Å². The second kappa shape index (κ2) is 3.73. The zero-order valence-electron chi connectivity index (χ0n) is 9.48. The Morgan fingerprint density at radius 2 is 2.06 bits per heavy atom. The van der Waals surface area contributed by atoms with Crippen LogP contribution in [0.3, 0.4) is 0 Å². The molecule has 0 spiro atoms. The Labute approximate surface area is 102 Å². The summed E-state index contributed by atoms with van der Waals surface area (Å²) in [6.07, 6.45) is 1.64. The number of Topliss-reactive ketones (excluding diaryl/α,β-unsaturated/α-hetero) is 2. The fourth-order valence-electron chi connectivity index (χ4n) is 2.15. The van der Waals surface area contributed by atoms with E-state index >= 15 is 0 Å². The van der Waals surface area contributed by atoms with Gasteiger partial charge in [-0.15, -0.1) is 0 Å². The number of hydrogen-bond donors (Lipinski definition) is 0. The zero-order valence-corrected chi connectivity index (χ0v) is 9.48. The highest BCUT2D eigenvalue weighted by molar-refractivity contribution is 6.52. The SMILES string of the molecule is O=C1C(=O)N(CC(=O)C2CC2)c2c(F)cccc21. The number of benzene rings is 1. The molecule has 1 saturated carbocycles. The molecule has 0 saturated heterocycles. The third-order valence-electron chi connectivity index (χ3n) is 3.29. The highest BCUT2D eigenvalue weighted by Gasteiger charge is 2.41. The van der Waals surface area contributed by atoms with Gasteiger partial charge >= 0.3 is 0 Å². The highest BCUT2D eigenvalue weighted by atomic mass is 19.1. The summed E-state index contributed by atoms with van der Waals surface area (Å²) in [7, 11) is 0. The number of rotatable bonds is 3. The lowest BCUT2D eigenvalue weighted by Crippen LogP contribution is -2.35. The number of fused-ring (bicyclic) bond motifs is 1. The lowest BCUT2D eigenvalue weighted by Gasteiger charge is -2.15. The van der Waals surface area contributed by atoms with Crippen molar-refractivity contribution >= 4 is 23.2 Å². The van der Waals surface area contributed by atoms with Crippen LogP contribution in [0.1, 0.15) is 23.2 Å². The summed E-state index contributed by atoms with van der Waals surface area (Å²) in [6, 6.07) is 3.96. The normalized spacial score (nSPS) is 18.2. The van der Waals surface area contributed by atoms with Gasteiger partial charge in [-0.05, 0) is 25.0 Å². The largest absolute Gasteiger partial charge is 0.299 e. The summed E-state index contributed by atoms with van der Waals surface area (Å²) >= 11 is 0. The fraction of sp³-hybridized carbons (Fsp3) is 0.308. The first-order valence-corrected chi connectivity index (χ1v) is 5.77. The molecular weight excluding hydrogens is 237 g/mol. The highest BCUT2D eigenvalue weighted by Crippen LogP contribution is 2.34. The average Bonchev–Trinajstić information content (AvgIpc) is 3.15. The van der Waals surface area contributed by atoms with Gasteiger partial charge < -0.3 is 0 Å². The fourth-order valence-corrected chi connectivity index (χ4v) is 2.15. The monoisotopic (exact) mass is 247 g/mol. The smallest absolute Gasteiger partial charge is 0.297 e. The number of nitrogens with zero attached hydrogens (tertiary/aromatic N) is 1. The van der Waals surface area contributed by atoms with Crippen LogP contribution in [-0.4, -0.2) is 24.0 Å². The van der Waals surface area contributed by atoms with Crippen LogP contribution in [0.2, 0.25) is 0 Å². The maximum atomic E-state index is 13.7. The van der Waals surface area contributed by atoms with Gasteiger partial charge in [0.2, 0.25) is 0 Å². The van der Waals surface area contributed by atoms with Crippen molar-refractivity contribution < 1.29 is 18.8 Å². The number of ketones is 2. The summed E-state index contributed by atoms with van der Waals surface area (Å²) in [5, 5.41) is 0. The van der Waals surface area contributed by atoms with Crippen LogP contribution in [0.5, 0.6) is 0 Å². The number of carbonyl (C=O) groups is 3. The Kier molecular flexibility index (Phi) is 2.29. The molecule has 0 aromatic heterocycles. The molecule has 4 nitrogen and oxygen atoms in total. The van der Waals surface area contributed by atoms with Gasteiger partial charge in [0.15, 0.2) is 5.78 Å². The topological polar surface area (TPSA) is 54.5 Å². The third-order valence-corrected chi connectivity index (χ3v) is 3.29. The first-order chi connectivity index (χ1) is 8.59. The average molecular weight is 247 g/mol. The Balaban J connectivity index is 1.98. The predicted octanol–water partition coefficient (Wildman–Crippen LogP) is 1.33. The molecule has 92 valence electrons. The van der Waals surface area contributed by atoms with E-state index in [4.69, 9.17) is 0 Å². The second-order valence-corrected chi connectivity index (χ2v) is 4.60. The van der Waals surface area contributed by atoms with Crippen molar-refractivity contribution in [2.75, 3.05) is 11.4 Å². The lowest BCUT2D eigenvalue weighted by molar-refractivity contribution is -0.121. The van der Waals surface area contributed by atoms with Crippen LogP contribution in [0.15, 0.2) is 18.2 Å². The molecule has 0 radical (unpaired) electrons. The lowest BCUT2D eigenvalue weighted by atomic mass is 10.1. The molecule has 0 N–H and O–H groups in total. The Morgan fingerprint density at radius 3 is 2.72 bits per heavy atom. The molecule has 1 heterocycles. The van der Waals surface area contributed by atoms with Gasteiger partial charge in [0, 0.05) is 5.92 Å². The number of anilines is 1. The molecule has 1 aliphatic heterocycles. The molecule has 1 amide bonds. The minimum atomic E-state index is -0.816. The summed E-state index contributed by atoms with van der Waals surface area (Å²) in [6.45, 7) is -0.205. The summed E-state index contributed by atoms with van der Waals surface area (Å²) in [4.78, 5) is 36.1. The van der Waals surface area contributed by atoms with Crippen molar-refractivity contribution in [1.82, 2.24) is 0 Å². The van der Waals surface area contributed by atoms with E-state index in [1.807, 2.05) is 0 Å². The van der Waals surface area contributed by atoms with E-state index in [0.29, 0.717) is 0 Å². The molecule has 18 heavy (non-hydrogen) atoms. The van der Waals surface area contributed by atoms with E-state index in [-0.39, 0.29) is 29.5 Å². The number of carbonyl (C=O) groups excluding carboxylic acids is 3. The number of halogens is 1. The van der Waals surface area contributed by atoms with Crippen molar-refractivity contribution in [3.05, 3.63) is 29.6 Å². The first-order valence-electron chi connectivity index (χ1n) is 5.77. The molecular formula is C13H10FNO3. The van der Waals surface area contributed by atoms with Crippen LogP contribution in [0, 0.1) is 11.7 Å². The van der Waals surface area contributed by atoms with Gasteiger partial charge in [0.25, 0.3) is 11.7 Å². The molecule has 1 fully saturated rings. The van der Waals surface area contributed by atoms with Crippen molar-refractivity contribution in [3.63, 3.8) is 0 Å². The summed E-state index contributed by atoms with van der Waals surface area (Å²) < 4.78 is 13.7. The summed E-state index contributed by atoms with van der Waals surface area (Å²) in [5.41, 5.74) is -0.00917. The van der Waals surface area contributed by atoms with E-state index in [0.717, 1.165) is 17.7 Å². The molecule has 3 rings (SSSR count). The van der Waals surface area contributed by atoms with Gasteiger partial charge in [-0.2, -0.15) is 0 Å². The van der Waals surface area contributed by atoms with Crippen LogP contribution in [0.25, 0.3) is 0 Å². The van der Waals surface area contributed by atoms with Crippen molar-refractivity contribution in [2.24, 2.45) is 5.92 Å². The van der Waals surface area contributed by atoms with Gasteiger partial charge in [0.1, 0.15) is 5.82 Å². The van der Waals surface area contributed by atoms with E-state index < -0.39 is 17.5 Å². The number of hydrogen-bond acceptors (Lipinski definition) is 3. The Bertz CT molecular complexity index is 578. The second-order valence-electron chi connectivity index (χ2n) is 4.60. The van der Waals surface area contributed by atoms with Crippen LogP contribution < -0.4 is 4.90 Å². The predicted molar refractivity (Wildman–Crippen MR) is 60.8 cm³/mol. The summed E-state index contributed by atoms with van der Waals surface area (Å²) in [5.74, 6) is -2.33. The van der Waals surface area contributed by atoms with Crippen molar-refractivity contribution in [1.29, 1.82) is 0 Å². The Morgan fingerprint density at radius 1 is 1.33 bits per heavy atom. The minimum Gasteiger partial charge on any atom is -0.297 e. The number of amides is 1. The molecule has 1 aromatic rings. The van der Waals surface area contributed by atoms with E-state index in [1.165, 1.54) is 18.2 Å². The molecule has 1 aromatic carbocycles. The van der Waals surface area contributed by atoms with Crippen LogP contribution >= 0.6 is 0 Å². The zero-order chi connectivity index (χ0) is 12.9. The third kappa shape index (κ3) is 1.54. The van der Waals surface area contributed by atoms with Gasteiger partial charge in [-0.3, -0.25) is 19.3 Å². The van der Waals surface area contributed by atoms with Crippen molar-refractivity contribution in [3.8, 4) is 0 Å². The van der Waals surface area contributed by atoms with Gasteiger partial charge in [-0.1, -0.05) is 6.07 Å². The van der Waals surface area contributed by atoms with E-state index in [9.17, 15) is 18.8 Å². The van der Waals surface area contributed by atoms with Gasteiger partial charge in [0.05, 0.1) is 17.8 Å². The molecule has 0 bridgehead atoms. The quantitative estimate of drug-likeness (QED) is 0.757. The molecule has 5 heteroatoms. The van der Waals surface area contributed by atoms with E-state index in [2.05, 4.69) is 0 Å².